The van der Waals surface area contributed by atoms with Gasteiger partial charge in [-0.15, -0.1) is 0 Å². The molecule has 0 aliphatic carbocycles. The molecule has 2 aromatic heterocycles. The molecule has 0 bridgehead atoms. The van der Waals surface area contributed by atoms with E-state index < -0.39 is 15.6 Å². The first-order valence-corrected chi connectivity index (χ1v) is 10.3. The molecule has 6 nitrogen and oxygen atoms in total. The zero-order valence-electron chi connectivity index (χ0n) is 15.7. The number of hydrogen-bond acceptors (Lipinski definition) is 4. The fourth-order valence-electron chi connectivity index (χ4n) is 3.03. The third-order valence-electron chi connectivity index (χ3n) is 4.58. The second-order valence-electron chi connectivity index (χ2n) is 7.79. The average molecular weight is 396 g/mol. The summed E-state index contributed by atoms with van der Waals surface area (Å²) in [6.07, 6.45) is 0. The Morgan fingerprint density at radius 3 is 2.46 bits per heavy atom. The van der Waals surface area contributed by atoms with Gasteiger partial charge in [-0.1, -0.05) is 20.8 Å². The van der Waals surface area contributed by atoms with E-state index in [-0.39, 0.29) is 10.3 Å². The molecule has 4 rings (SSSR count). The van der Waals surface area contributed by atoms with Crippen molar-refractivity contribution in [2.24, 2.45) is 0 Å². The van der Waals surface area contributed by atoms with Crippen LogP contribution in [-0.4, -0.2) is 13.4 Å². The maximum Gasteiger partial charge on any atom is 0.336 e. The molecular weight excluding hydrogens is 376 g/mol. The summed E-state index contributed by atoms with van der Waals surface area (Å²) in [5.41, 5.74) is 2.35. The summed E-state index contributed by atoms with van der Waals surface area (Å²) in [6, 6.07) is 14.6. The second-order valence-corrected chi connectivity index (χ2v) is 9.48. The van der Waals surface area contributed by atoms with Gasteiger partial charge in [0.2, 0.25) is 0 Å². The second kappa shape index (κ2) is 6.24. The van der Waals surface area contributed by atoms with E-state index in [0.29, 0.717) is 16.7 Å². The van der Waals surface area contributed by atoms with Crippen molar-refractivity contribution in [3.63, 3.8) is 0 Å². The van der Waals surface area contributed by atoms with Crippen molar-refractivity contribution in [3.05, 3.63) is 70.7 Å². The highest BCUT2D eigenvalue weighted by molar-refractivity contribution is 7.92. The number of benzene rings is 2. The lowest BCUT2D eigenvalue weighted by molar-refractivity contribution is 0.560. The predicted molar refractivity (Wildman–Crippen MR) is 110 cm³/mol. The Bertz CT molecular complexity index is 1360. The van der Waals surface area contributed by atoms with Crippen molar-refractivity contribution in [2.75, 3.05) is 4.72 Å². The van der Waals surface area contributed by atoms with Crippen LogP contribution >= 0.6 is 0 Å². The minimum atomic E-state index is -3.79. The van der Waals surface area contributed by atoms with E-state index in [0.717, 1.165) is 16.6 Å². The normalized spacial score (nSPS) is 12.5. The van der Waals surface area contributed by atoms with E-state index in [9.17, 15) is 13.2 Å². The molecule has 7 heteroatoms. The number of anilines is 1. The van der Waals surface area contributed by atoms with E-state index in [2.05, 4.69) is 30.5 Å². The van der Waals surface area contributed by atoms with Crippen LogP contribution in [0.3, 0.4) is 0 Å². The summed E-state index contributed by atoms with van der Waals surface area (Å²) < 4.78 is 33.3. The molecule has 144 valence electrons. The molecule has 0 atom stereocenters. The smallest absolute Gasteiger partial charge is 0.336 e. The molecule has 2 heterocycles. The molecule has 0 fully saturated rings. The molecule has 4 aromatic rings. The molecule has 2 aromatic carbocycles. The highest BCUT2D eigenvalue weighted by Gasteiger charge is 2.18. The Morgan fingerprint density at radius 2 is 1.71 bits per heavy atom. The Kier molecular flexibility index (Phi) is 4.08. The Labute approximate surface area is 162 Å². The fourth-order valence-corrected chi connectivity index (χ4v) is 4.12. The van der Waals surface area contributed by atoms with Crippen LogP contribution in [-0.2, 0) is 15.4 Å². The molecule has 0 spiro atoms. The maximum atomic E-state index is 12.8. The number of rotatable bonds is 3. The molecule has 28 heavy (non-hydrogen) atoms. The van der Waals surface area contributed by atoms with Crippen molar-refractivity contribution in [3.8, 4) is 0 Å². The van der Waals surface area contributed by atoms with Gasteiger partial charge in [0, 0.05) is 39.2 Å². The lowest BCUT2D eigenvalue weighted by Crippen LogP contribution is -2.12. The maximum absolute atomic E-state index is 12.8. The third kappa shape index (κ3) is 3.41. The molecule has 2 N–H and O–H groups in total. The zero-order valence-corrected chi connectivity index (χ0v) is 16.6. The first kappa shape index (κ1) is 18.3. The van der Waals surface area contributed by atoms with Crippen LogP contribution in [0.2, 0.25) is 0 Å². The number of aromatic nitrogens is 1. The van der Waals surface area contributed by atoms with Crippen LogP contribution in [0.1, 0.15) is 26.5 Å². The van der Waals surface area contributed by atoms with Crippen LogP contribution < -0.4 is 10.3 Å². The molecule has 0 unspecified atom stereocenters. The number of sulfonamides is 1. The van der Waals surface area contributed by atoms with E-state index in [1.807, 2.05) is 12.1 Å². The summed E-state index contributed by atoms with van der Waals surface area (Å²) in [5.74, 6) is 0. The van der Waals surface area contributed by atoms with E-state index in [1.54, 1.807) is 18.2 Å². The van der Waals surface area contributed by atoms with Gasteiger partial charge in [0.1, 0.15) is 5.58 Å². The predicted octanol–water partition coefficient (Wildman–Crippen LogP) is 4.37. The highest BCUT2D eigenvalue weighted by Crippen LogP contribution is 2.28. The topological polar surface area (TPSA) is 92.2 Å². The summed E-state index contributed by atoms with van der Waals surface area (Å²) in [6.45, 7) is 6.34. The molecule has 0 aliphatic heterocycles. The summed E-state index contributed by atoms with van der Waals surface area (Å²) in [5, 5.41) is 1.48. The third-order valence-corrected chi connectivity index (χ3v) is 5.96. The number of H-pyrrole nitrogens is 1. The van der Waals surface area contributed by atoms with Gasteiger partial charge in [-0.25, -0.2) is 13.2 Å². The zero-order chi connectivity index (χ0) is 20.1. The molecule has 0 aliphatic rings. The first-order valence-electron chi connectivity index (χ1n) is 8.82. The van der Waals surface area contributed by atoms with Gasteiger partial charge in [-0.3, -0.25) is 4.72 Å². The Balaban J connectivity index is 1.69. The van der Waals surface area contributed by atoms with E-state index >= 15 is 0 Å². The lowest BCUT2D eigenvalue weighted by Gasteiger charge is -2.15. The number of fused-ring (bicyclic) bond motifs is 2. The van der Waals surface area contributed by atoms with Crippen LogP contribution in [0.15, 0.2) is 68.7 Å². The van der Waals surface area contributed by atoms with Crippen LogP contribution in [0.4, 0.5) is 5.69 Å². The lowest BCUT2D eigenvalue weighted by atomic mass is 9.92. The summed E-state index contributed by atoms with van der Waals surface area (Å²) in [4.78, 5) is 14.7. The summed E-state index contributed by atoms with van der Waals surface area (Å²) in [7, 11) is -3.79. The molecular formula is C21H20N2O4S. The molecule has 0 amide bonds. The van der Waals surface area contributed by atoms with Crippen molar-refractivity contribution in [1.82, 2.24) is 4.98 Å². The highest BCUT2D eigenvalue weighted by atomic mass is 32.2. The Hall–Kier alpha value is -3.06. The quantitative estimate of drug-likeness (QED) is 0.503. The minimum Gasteiger partial charge on any atom is -0.423 e. The minimum absolute atomic E-state index is 0.0290. The monoisotopic (exact) mass is 396 g/mol. The van der Waals surface area contributed by atoms with Crippen LogP contribution in [0.5, 0.6) is 0 Å². The van der Waals surface area contributed by atoms with Gasteiger partial charge in [0.15, 0.2) is 0 Å². The van der Waals surface area contributed by atoms with Gasteiger partial charge in [0.05, 0.1) is 4.90 Å². The first-order chi connectivity index (χ1) is 13.1. The van der Waals surface area contributed by atoms with E-state index in [4.69, 9.17) is 4.42 Å². The average Bonchev–Trinajstić information content (AvgIpc) is 3.04. The molecule has 0 radical (unpaired) electrons. The summed E-state index contributed by atoms with van der Waals surface area (Å²) >= 11 is 0. The standard InChI is InChI=1S/C21H20N2O4S/c1-21(2,3)19-12-14-10-15(5-7-17(14)22-19)23-28(25,26)16-6-8-18-13(11-16)4-9-20(24)27-18/h4-12,22-23H,1-3H3. The van der Waals surface area contributed by atoms with Gasteiger partial charge in [0.25, 0.3) is 10.0 Å². The Morgan fingerprint density at radius 1 is 0.929 bits per heavy atom. The molecule has 0 saturated heterocycles. The number of nitrogens with one attached hydrogen (secondary N) is 2. The van der Waals surface area contributed by atoms with Crippen molar-refractivity contribution in [2.45, 2.75) is 31.1 Å². The van der Waals surface area contributed by atoms with Gasteiger partial charge >= 0.3 is 5.63 Å². The largest absolute Gasteiger partial charge is 0.423 e. The van der Waals surface area contributed by atoms with Crippen LogP contribution in [0.25, 0.3) is 21.9 Å². The van der Waals surface area contributed by atoms with E-state index in [1.165, 1.54) is 24.3 Å². The van der Waals surface area contributed by atoms with Gasteiger partial charge in [-0.05, 0) is 48.5 Å². The van der Waals surface area contributed by atoms with Crippen molar-refractivity contribution in [1.29, 1.82) is 0 Å². The van der Waals surface area contributed by atoms with Gasteiger partial charge < -0.3 is 9.40 Å². The number of hydrogen-bond donors (Lipinski definition) is 2. The van der Waals surface area contributed by atoms with Crippen molar-refractivity contribution >= 4 is 37.6 Å². The fraction of sp³-hybridized carbons (Fsp3) is 0.190. The van der Waals surface area contributed by atoms with Crippen molar-refractivity contribution < 1.29 is 12.8 Å². The van der Waals surface area contributed by atoms with Crippen LogP contribution in [0, 0.1) is 0 Å². The molecule has 0 saturated carbocycles. The SMILES string of the molecule is CC(C)(C)c1cc2cc(NS(=O)(=O)c3ccc4oc(=O)ccc4c3)ccc2[nH]1. The number of aromatic amines is 1. The van der Waals surface area contributed by atoms with Gasteiger partial charge in [-0.2, -0.15) is 0 Å².